The number of thiazole rings is 1. The summed E-state index contributed by atoms with van der Waals surface area (Å²) in [6, 6.07) is 7.10. The monoisotopic (exact) mass is 291 g/mol. The predicted molar refractivity (Wildman–Crippen MR) is 79.9 cm³/mol. The highest BCUT2D eigenvalue weighted by Gasteiger charge is 2.10. The summed E-state index contributed by atoms with van der Waals surface area (Å²) in [4.78, 5) is 15.9. The maximum absolute atomic E-state index is 11.7. The number of ether oxygens (including phenoxy) is 1. The van der Waals surface area contributed by atoms with Crippen LogP contribution in [0, 0.1) is 0 Å². The number of rotatable bonds is 6. The van der Waals surface area contributed by atoms with Crippen LogP contribution in [-0.4, -0.2) is 24.0 Å². The Labute approximate surface area is 121 Å². The summed E-state index contributed by atoms with van der Waals surface area (Å²) >= 11 is 1.58. The summed E-state index contributed by atoms with van der Waals surface area (Å²) in [5, 5.41) is 5.76. The van der Waals surface area contributed by atoms with E-state index in [1.54, 1.807) is 29.7 Å². The first kappa shape index (κ1) is 14.3. The number of nitrogens with one attached hydrogen (secondary N) is 1. The first-order valence-corrected chi connectivity index (χ1v) is 7.18. The van der Waals surface area contributed by atoms with Gasteiger partial charge in [0.05, 0.1) is 10.7 Å². The van der Waals surface area contributed by atoms with E-state index in [9.17, 15) is 4.79 Å². The number of anilines is 1. The van der Waals surface area contributed by atoms with Crippen LogP contribution in [0.3, 0.4) is 0 Å². The maximum Gasteiger partial charge on any atom is 0.257 e. The summed E-state index contributed by atoms with van der Waals surface area (Å²) in [6.07, 6.45) is 1.76. The molecule has 0 bridgehead atoms. The molecule has 2 rings (SSSR count). The molecule has 1 unspecified atom stereocenters. The number of carbonyl (C=O) groups is 1. The number of aromatic nitrogens is 1. The molecule has 1 atom stereocenters. The highest BCUT2D eigenvalue weighted by Crippen LogP contribution is 2.19. The lowest BCUT2D eigenvalue weighted by Gasteiger charge is -2.11. The fourth-order valence-electron chi connectivity index (χ4n) is 1.64. The van der Waals surface area contributed by atoms with E-state index in [0.29, 0.717) is 18.0 Å². The quantitative estimate of drug-likeness (QED) is 0.798. The molecule has 0 aliphatic heterocycles. The topological polar surface area (TPSA) is 77.2 Å². The highest BCUT2D eigenvalue weighted by molar-refractivity contribution is 7.09. The zero-order valence-electron chi connectivity index (χ0n) is 11.2. The van der Waals surface area contributed by atoms with Gasteiger partial charge in [-0.25, -0.2) is 4.98 Å². The molecule has 1 aromatic carbocycles. The SMILES string of the molecule is CC(CNC(=O)COc1ccccc1N)c1nccs1. The fraction of sp³-hybridized carbons (Fsp3) is 0.286. The molecule has 3 N–H and O–H groups in total. The molecule has 0 fully saturated rings. The minimum absolute atomic E-state index is 0.0429. The van der Waals surface area contributed by atoms with Crippen molar-refractivity contribution in [3.05, 3.63) is 40.8 Å². The second kappa shape index (κ2) is 6.91. The van der Waals surface area contributed by atoms with Crippen LogP contribution in [0.25, 0.3) is 0 Å². The second-order valence-corrected chi connectivity index (χ2v) is 5.33. The van der Waals surface area contributed by atoms with E-state index >= 15 is 0 Å². The molecular weight excluding hydrogens is 274 g/mol. The van der Waals surface area contributed by atoms with Gasteiger partial charge in [0.15, 0.2) is 6.61 Å². The fourth-order valence-corrected chi connectivity index (χ4v) is 2.34. The summed E-state index contributed by atoms with van der Waals surface area (Å²) in [5.74, 6) is 0.549. The number of hydrogen-bond acceptors (Lipinski definition) is 5. The van der Waals surface area contributed by atoms with Crippen molar-refractivity contribution in [2.45, 2.75) is 12.8 Å². The Morgan fingerprint density at radius 1 is 1.50 bits per heavy atom. The number of para-hydroxylation sites is 2. The van der Waals surface area contributed by atoms with Gasteiger partial charge in [0.1, 0.15) is 5.75 Å². The van der Waals surface area contributed by atoms with Crippen LogP contribution in [-0.2, 0) is 4.79 Å². The number of nitrogens with two attached hydrogens (primary N) is 1. The van der Waals surface area contributed by atoms with E-state index in [1.807, 2.05) is 24.4 Å². The molecule has 1 amide bonds. The van der Waals surface area contributed by atoms with Crippen molar-refractivity contribution >= 4 is 22.9 Å². The van der Waals surface area contributed by atoms with E-state index < -0.39 is 0 Å². The van der Waals surface area contributed by atoms with Crippen molar-refractivity contribution in [1.29, 1.82) is 0 Å². The maximum atomic E-state index is 11.7. The van der Waals surface area contributed by atoms with Crippen molar-refractivity contribution in [2.75, 3.05) is 18.9 Å². The van der Waals surface area contributed by atoms with Crippen molar-refractivity contribution < 1.29 is 9.53 Å². The number of nitrogen functional groups attached to an aromatic ring is 1. The van der Waals surface area contributed by atoms with Gasteiger partial charge in [-0.3, -0.25) is 4.79 Å². The molecule has 106 valence electrons. The molecule has 0 radical (unpaired) electrons. The summed E-state index contributed by atoms with van der Waals surface area (Å²) in [6.45, 7) is 2.52. The number of benzene rings is 1. The van der Waals surface area contributed by atoms with E-state index in [4.69, 9.17) is 10.5 Å². The Morgan fingerprint density at radius 2 is 2.30 bits per heavy atom. The van der Waals surface area contributed by atoms with E-state index in [-0.39, 0.29) is 18.4 Å². The number of amides is 1. The van der Waals surface area contributed by atoms with Crippen LogP contribution in [0.15, 0.2) is 35.8 Å². The van der Waals surface area contributed by atoms with E-state index in [0.717, 1.165) is 5.01 Å². The van der Waals surface area contributed by atoms with Gasteiger partial charge in [0.2, 0.25) is 0 Å². The molecule has 0 aliphatic carbocycles. The third-order valence-electron chi connectivity index (χ3n) is 2.76. The summed E-state index contributed by atoms with van der Waals surface area (Å²) in [7, 11) is 0. The van der Waals surface area contributed by atoms with Crippen molar-refractivity contribution in [1.82, 2.24) is 10.3 Å². The molecule has 6 heteroatoms. The normalized spacial score (nSPS) is 11.8. The van der Waals surface area contributed by atoms with Crippen LogP contribution in [0.2, 0.25) is 0 Å². The molecular formula is C14H17N3O2S. The lowest BCUT2D eigenvalue weighted by atomic mass is 10.2. The molecule has 5 nitrogen and oxygen atoms in total. The van der Waals surface area contributed by atoms with Crippen LogP contribution in [0.1, 0.15) is 17.8 Å². The first-order chi connectivity index (χ1) is 9.66. The first-order valence-electron chi connectivity index (χ1n) is 6.30. The highest BCUT2D eigenvalue weighted by atomic mass is 32.1. The van der Waals surface area contributed by atoms with Crippen LogP contribution in [0.5, 0.6) is 5.75 Å². The van der Waals surface area contributed by atoms with Gasteiger partial charge >= 0.3 is 0 Å². The van der Waals surface area contributed by atoms with Gasteiger partial charge < -0.3 is 15.8 Å². The molecule has 1 heterocycles. The number of nitrogens with zero attached hydrogens (tertiary/aromatic N) is 1. The van der Waals surface area contributed by atoms with Crippen molar-refractivity contribution in [2.24, 2.45) is 0 Å². The largest absolute Gasteiger partial charge is 0.482 e. The zero-order chi connectivity index (χ0) is 14.4. The summed E-state index contributed by atoms with van der Waals surface area (Å²) in [5.41, 5.74) is 6.25. The third-order valence-corrected chi connectivity index (χ3v) is 3.76. The van der Waals surface area contributed by atoms with Crippen LogP contribution < -0.4 is 15.8 Å². The Hall–Kier alpha value is -2.08. The lowest BCUT2D eigenvalue weighted by Crippen LogP contribution is -2.31. The Morgan fingerprint density at radius 3 is 3.00 bits per heavy atom. The van der Waals surface area contributed by atoms with Gasteiger partial charge in [-0.2, -0.15) is 0 Å². The summed E-state index contributed by atoms with van der Waals surface area (Å²) < 4.78 is 5.37. The Balaban J connectivity index is 1.75. The van der Waals surface area contributed by atoms with Crippen LogP contribution in [0.4, 0.5) is 5.69 Å². The van der Waals surface area contributed by atoms with Gasteiger partial charge in [-0.15, -0.1) is 11.3 Å². The standard InChI is InChI=1S/C14H17N3O2S/c1-10(14-16-6-7-20-14)8-17-13(18)9-19-12-5-3-2-4-11(12)15/h2-7,10H,8-9,15H2,1H3,(H,17,18). The second-order valence-electron chi connectivity index (χ2n) is 4.40. The number of carbonyl (C=O) groups excluding carboxylic acids is 1. The Kier molecular flexibility index (Phi) is 4.95. The third kappa shape index (κ3) is 3.96. The van der Waals surface area contributed by atoms with Crippen molar-refractivity contribution in [3.63, 3.8) is 0 Å². The van der Waals surface area contributed by atoms with Gasteiger partial charge in [0.25, 0.3) is 5.91 Å². The predicted octanol–water partition coefficient (Wildman–Crippen LogP) is 2.02. The van der Waals surface area contributed by atoms with E-state index in [2.05, 4.69) is 10.3 Å². The minimum atomic E-state index is -0.170. The average Bonchev–Trinajstić information content (AvgIpc) is 2.98. The molecule has 0 saturated heterocycles. The smallest absolute Gasteiger partial charge is 0.257 e. The van der Waals surface area contributed by atoms with Crippen LogP contribution >= 0.6 is 11.3 Å². The van der Waals surface area contributed by atoms with Crippen molar-refractivity contribution in [3.8, 4) is 5.75 Å². The molecule has 0 saturated carbocycles. The molecule has 2 aromatic rings. The van der Waals surface area contributed by atoms with Gasteiger partial charge in [-0.1, -0.05) is 19.1 Å². The average molecular weight is 291 g/mol. The van der Waals surface area contributed by atoms with Gasteiger partial charge in [0, 0.05) is 24.0 Å². The lowest BCUT2D eigenvalue weighted by molar-refractivity contribution is -0.123. The molecule has 0 aliphatic rings. The molecule has 1 aromatic heterocycles. The molecule has 0 spiro atoms. The molecule has 20 heavy (non-hydrogen) atoms. The Bertz CT molecular complexity index is 557. The minimum Gasteiger partial charge on any atom is -0.482 e. The van der Waals surface area contributed by atoms with Gasteiger partial charge in [-0.05, 0) is 12.1 Å². The van der Waals surface area contributed by atoms with E-state index in [1.165, 1.54) is 0 Å². The number of hydrogen-bond donors (Lipinski definition) is 2. The zero-order valence-corrected chi connectivity index (χ0v) is 12.0.